The molecule has 0 bridgehead atoms. The van der Waals surface area contributed by atoms with E-state index in [4.69, 9.17) is 9.47 Å². The first-order chi connectivity index (χ1) is 14.6. The summed E-state index contributed by atoms with van der Waals surface area (Å²) in [6, 6.07) is 13.7. The maximum atomic E-state index is 13.0. The number of nitrogens with one attached hydrogen (secondary N) is 2. The van der Waals surface area contributed by atoms with E-state index in [1.54, 1.807) is 26.2 Å². The van der Waals surface area contributed by atoms with Gasteiger partial charge in [0.2, 0.25) is 5.95 Å². The van der Waals surface area contributed by atoms with Gasteiger partial charge in [-0.3, -0.25) is 0 Å². The van der Waals surface area contributed by atoms with E-state index in [0.29, 0.717) is 24.9 Å². The maximum Gasteiger partial charge on any atom is 0.343 e. The van der Waals surface area contributed by atoms with Gasteiger partial charge in [0.25, 0.3) is 0 Å². The van der Waals surface area contributed by atoms with Crippen LogP contribution in [0.1, 0.15) is 28.4 Å². The Morgan fingerprint density at radius 2 is 1.63 bits per heavy atom. The van der Waals surface area contributed by atoms with Gasteiger partial charge in [0.1, 0.15) is 22.9 Å². The van der Waals surface area contributed by atoms with Gasteiger partial charge in [0.05, 0.1) is 13.7 Å². The third-order valence-corrected chi connectivity index (χ3v) is 4.27. The number of benzene rings is 2. The smallest absolute Gasteiger partial charge is 0.343 e. The number of halogens is 1. The van der Waals surface area contributed by atoms with Gasteiger partial charge in [-0.2, -0.15) is 4.98 Å². The monoisotopic (exact) mass is 410 g/mol. The van der Waals surface area contributed by atoms with Crippen LogP contribution in [0.15, 0.2) is 54.7 Å². The zero-order chi connectivity index (χ0) is 21.3. The zero-order valence-electron chi connectivity index (χ0n) is 16.8. The van der Waals surface area contributed by atoms with E-state index in [2.05, 4.69) is 20.6 Å². The second-order valence-electron chi connectivity index (χ2n) is 6.36. The molecule has 0 aliphatic rings. The second-order valence-corrected chi connectivity index (χ2v) is 6.36. The molecule has 1 aromatic heterocycles. The largest absolute Gasteiger partial charge is 0.497 e. The summed E-state index contributed by atoms with van der Waals surface area (Å²) >= 11 is 0. The quantitative estimate of drug-likeness (QED) is 0.515. The standard InChI is InChI=1S/C22H23FN4O3/c1-3-30-21(28)19-14-26-22(25-13-15-4-8-17(23)9-5-15)27-20(19)24-12-16-6-10-18(29-2)11-7-16/h4-11,14H,3,12-13H2,1-2H3,(H2,24,25,26,27). The van der Waals surface area contributed by atoms with Crippen LogP contribution in [0.25, 0.3) is 0 Å². The van der Waals surface area contributed by atoms with Crippen molar-refractivity contribution in [3.8, 4) is 5.75 Å². The Morgan fingerprint density at radius 3 is 2.27 bits per heavy atom. The Hall–Kier alpha value is -3.68. The maximum absolute atomic E-state index is 13.0. The molecule has 7 nitrogen and oxygen atoms in total. The fourth-order valence-electron chi connectivity index (χ4n) is 2.67. The van der Waals surface area contributed by atoms with Crippen molar-refractivity contribution in [2.45, 2.75) is 20.0 Å². The molecule has 0 unspecified atom stereocenters. The number of aromatic nitrogens is 2. The molecule has 0 radical (unpaired) electrons. The van der Waals surface area contributed by atoms with E-state index in [9.17, 15) is 9.18 Å². The van der Waals surface area contributed by atoms with Crippen LogP contribution in [0.5, 0.6) is 5.75 Å². The van der Waals surface area contributed by atoms with E-state index in [1.165, 1.54) is 18.3 Å². The highest BCUT2D eigenvalue weighted by Gasteiger charge is 2.16. The number of hydrogen-bond acceptors (Lipinski definition) is 7. The Balaban J connectivity index is 1.75. The number of carbonyl (C=O) groups is 1. The lowest BCUT2D eigenvalue weighted by Gasteiger charge is -2.13. The van der Waals surface area contributed by atoms with Crippen LogP contribution >= 0.6 is 0 Å². The Bertz CT molecular complexity index is 979. The fourth-order valence-corrected chi connectivity index (χ4v) is 2.67. The lowest BCUT2D eigenvalue weighted by atomic mass is 10.2. The Labute approximate surface area is 174 Å². The molecule has 2 N–H and O–H groups in total. The summed E-state index contributed by atoms with van der Waals surface area (Å²) in [6.45, 7) is 2.85. The van der Waals surface area contributed by atoms with Gasteiger partial charge in [-0.15, -0.1) is 0 Å². The van der Waals surface area contributed by atoms with Crippen molar-refractivity contribution in [3.05, 3.63) is 77.2 Å². The van der Waals surface area contributed by atoms with Crippen LogP contribution in [0.2, 0.25) is 0 Å². The molecule has 30 heavy (non-hydrogen) atoms. The summed E-state index contributed by atoms with van der Waals surface area (Å²) in [7, 11) is 1.61. The Kier molecular flexibility index (Phi) is 7.15. The number of methoxy groups -OCH3 is 1. The molecule has 0 aliphatic carbocycles. The first-order valence-electron chi connectivity index (χ1n) is 9.48. The highest BCUT2D eigenvalue weighted by atomic mass is 19.1. The number of hydrogen-bond donors (Lipinski definition) is 2. The Morgan fingerprint density at radius 1 is 1.00 bits per heavy atom. The summed E-state index contributed by atoms with van der Waals surface area (Å²) in [5, 5.41) is 6.25. The lowest BCUT2D eigenvalue weighted by Crippen LogP contribution is -2.14. The van der Waals surface area contributed by atoms with Gasteiger partial charge < -0.3 is 20.1 Å². The molecule has 8 heteroatoms. The van der Waals surface area contributed by atoms with E-state index >= 15 is 0 Å². The van der Waals surface area contributed by atoms with Gasteiger partial charge in [-0.1, -0.05) is 24.3 Å². The van der Waals surface area contributed by atoms with Gasteiger partial charge in [0, 0.05) is 19.3 Å². The van der Waals surface area contributed by atoms with Crippen molar-refractivity contribution in [2.75, 3.05) is 24.4 Å². The van der Waals surface area contributed by atoms with Gasteiger partial charge in [-0.25, -0.2) is 14.2 Å². The number of esters is 1. The predicted molar refractivity (Wildman–Crippen MR) is 112 cm³/mol. The summed E-state index contributed by atoms with van der Waals surface area (Å²) in [4.78, 5) is 20.9. The molecule has 3 aromatic rings. The predicted octanol–water partition coefficient (Wildman–Crippen LogP) is 4.03. The molecule has 0 spiro atoms. The molecule has 0 aliphatic heterocycles. The van der Waals surface area contributed by atoms with Crippen LogP contribution in [-0.4, -0.2) is 29.7 Å². The van der Waals surface area contributed by atoms with Gasteiger partial charge in [-0.05, 0) is 42.3 Å². The van der Waals surface area contributed by atoms with Crippen molar-refractivity contribution in [2.24, 2.45) is 0 Å². The van der Waals surface area contributed by atoms with E-state index < -0.39 is 5.97 Å². The summed E-state index contributed by atoms with van der Waals surface area (Å²) in [5.74, 6) is 0.671. The van der Waals surface area contributed by atoms with Gasteiger partial charge in [0.15, 0.2) is 0 Å². The number of nitrogens with zero attached hydrogens (tertiary/aromatic N) is 2. The third-order valence-electron chi connectivity index (χ3n) is 4.27. The molecule has 156 valence electrons. The van der Waals surface area contributed by atoms with Crippen molar-refractivity contribution < 1.29 is 18.7 Å². The molecule has 3 rings (SSSR count). The van der Waals surface area contributed by atoms with Crippen molar-refractivity contribution in [3.63, 3.8) is 0 Å². The second kappa shape index (κ2) is 10.2. The fraction of sp³-hybridized carbons (Fsp3) is 0.227. The molecule has 1 heterocycles. The minimum Gasteiger partial charge on any atom is -0.497 e. The molecule has 2 aromatic carbocycles. The van der Waals surface area contributed by atoms with Crippen LogP contribution in [-0.2, 0) is 17.8 Å². The minimum absolute atomic E-state index is 0.248. The van der Waals surface area contributed by atoms with E-state index in [1.807, 2.05) is 24.3 Å². The van der Waals surface area contributed by atoms with Crippen molar-refractivity contribution in [1.82, 2.24) is 9.97 Å². The minimum atomic E-state index is -0.500. The molecule has 0 saturated carbocycles. The van der Waals surface area contributed by atoms with Crippen molar-refractivity contribution in [1.29, 1.82) is 0 Å². The number of ether oxygens (including phenoxy) is 2. The van der Waals surface area contributed by atoms with Crippen molar-refractivity contribution >= 4 is 17.7 Å². The number of carbonyl (C=O) groups excluding carboxylic acids is 1. The first-order valence-corrected chi connectivity index (χ1v) is 9.48. The summed E-state index contributed by atoms with van der Waals surface area (Å²) < 4.78 is 23.3. The topological polar surface area (TPSA) is 85.4 Å². The molecule has 0 amide bonds. The van der Waals surface area contributed by atoms with Gasteiger partial charge >= 0.3 is 5.97 Å². The highest BCUT2D eigenvalue weighted by molar-refractivity contribution is 5.94. The number of anilines is 2. The van der Waals surface area contributed by atoms with Crippen LogP contribution in [0, 0.1) is 5.82 Å². The molecule has 0 atom stereocenters. The normalized spacial score (nSPS) is 10.4. The van der Waals surface area contributed by atoms with Crippen LogP contribution in [0.4, 0.5) is 16.2 Å². The molecule has 0 fully saturated rings. The summed E-state index contributed by atoms with van der Waals surface area (Å²) in [5.41, 5.74) is 2.12. The third kappa shape index (κ3) is 5.66. The lowest BCUT2D eigenvalue weighted by molar-refractivity contribution is 0.0526. The summed E-state index contributed by atoms with van der Waals surface area (Å²) in [6.07, 6.45) is 1.42. The van der Waals surface area contributed by atoms with Crippen LogP contribution in [0.3, 0.4) is 0 Å². The van der Waals surface area contributed by atoms with E-state index in [0.717, 1.165) is 16.9 Å². The first kappa shape index (κ1) is 21.0. The zero-order valence-corrected chi connectivity index (χ0v) is 16.8. The molecule has 0 saturated heterocycles. The van der Waals surface area contributed by atoms with E-state index in [-0.39, 0.29) is 18.0 Å². The average molecular weight is 410 g/mol. The average Bonchev–Trinajstić information content (AvgIpc) is 2.78. The highest BCUT2D eigenvalue weighted by Crippen LogP contribution is 2.18. The SMILES string of the molecule is CCOC(=O)c1cnc(NCc2ccc(F)cc2)nc1NCc1ccc(OC)cc1. The van der Waals surface area contributed by atoms with Crippen LogP contribution < -0.4 is 15.4 Å². The number of rotatable bonds is 9. The molecular formula is C22H23FN4O3. The molecular weight excluding hydrogens is 387 g/mol.